The average Bonchev–Trinajstić information content (AvgIpc) is 2.79. The molecule has 36 heavy (non-hydrogen) atoms. The molecule has 0 aromatic heterocycles. The van der Waals surface area contributed by atoms with Crippen molar-refractivity contribution in [3.8, 4) is 0 Å². The molecule has 0 radical (unpaired) electrons. The molecule has 4 saturated carbocycles. The maximum absolute atomic E-state index is 14.2. The Bertz CT molecular complexity index is 1020. The second-order valence-corrected chi connectivity index (χ2v) is 14.8. The van der Waals surface area contributed by atoms with E-state index in [4.69, 9.17) is 0 Å². The molecule has 5 unspecified atom stereocenters. The summed E-state index contributed by atoms with van der Waals surface area (Å²) in [5.41, 5.74) is -1.91. The molecule has 0 amide bonds. The lowest BCUT2D eigenvalue weighted by atomic mass is 9.33. The van der Waals surface area contributed by atoms with Gasteiger partial charge in [-0.1, -0.05) is 40.2 Å². The molecule has 5 rings (SSSR count). The van der Waals surface area contributed by atoms with E-state index in [2.05, 4.69) is 27.7 Å². The summed E-state index contributed by atoms with van der Waals surface area (Å²) < 4.78 is 0. The van der Waals surface area contributed by atoms with Gasteiger partial charge in [-0.2, -0.15) is 0 Å². The average molecular weight is 503 g/mol. The Kier molecular flexibility index (Phi) is 5.61. The fraction of sp³-hybridized carbons (Fsp3) is 0.867. The van der Waals surface area contributed by atoms with Gasteiger partial charge in [0.25, 0.3) is 0 Å². The summed E-state index contributed by atoms with van der Waals surface area (Å²) in [7, 11) is 0. The van der Waals surface area contributed by atoms with E-state index in [1.165, 1.54) is 0 Å². The van der Waals surface area contributed by atoms with Crippen LogP contribution in [0.25, 0.3) is 0 Å². The van der Waals surface area contributed by atoms with Crippen LogP contribution in [0.4, 0.5) is 0 Å². The number of carboxylic acid groups (broad SMARTS) is 1. The predicted molar refractivity (Wildman–Crippen MR) is 136 cm³/mol. The van der Waals surface area contributed by atoms with Crippen LogP contribution in [0.15, 0.2) is 11.6 Å². The molecular weight excluding hydrogens is 456 g/mol. The van der Waals surface area contributed by atoms with Gasteiger partial charge >= 0.3 is 5.97 Å². The second kappa shape index (κ2) is 7.66. The van der Waals surface area contributed by atoms with E-state index < -0.39 is 34.4 Å². The van der Waals surface area contributed by atoms with Gasteiger partial charge in [0.15, 0.2) is 5.78 Å². The highest BCUT2D eigenvalue weighted by Gasteiger charge is 2.71. The number of fused-ring (bicyclic) bond motifs is 7. The van der Waals surface area contributed by atoms with Crippen LogP contribution < -0.4 is 0 Å². The number of hydrogen-bond donors (Lipinski definition) is 4. The molecule has 202 valence electrons. The molecule has 0 aromatic rings. The second-order valence-electron chi connectivity index (χ2n) is 14.8. The minimum Gasteiger partial charge on any atom is -0.481 e. The van der Waals surface area contributed by atoms with Gasteiger partial charge in [0.1, 0.15) is 0 Å². The van der Waals surface area contributed by atoms with Crippen molar-refractivity contribution < 1.29 is 30.0 Å². The summed E-state index contributed by atoms with van der Waals surface area (Å²) in [6, 6.07) is 0. The maximum Gasteiger partial charge on any atom is 0.309 e. The van der Waals surface area contributed by atoms with E-state index in [1.54, 1.807) is 6.92 Å². The van der Waals surface area contributed by atoms with Crippen molar-refractivity contribution in [3.05, 3.63) is 11.6 Å². The summed E-state index contributed by atoms with van der Waals surface area (Å²) in [6.45, 7) is 12.5. The van der Waals surface area contributed by atoms with Crippen molar-refractivity contribution in [2.45, 2.75) is 105 Å². The summed E-state index contributed by atoms with van der Waals surface area (Å²) in [5.74, 6) is -1.06. The third-order valence-electron chi connectivity index (χ3n) is 13.3. The number of aliphatic hydroxyl groups excluding tert-OH is 3. The fourth-order valence-electron chi connectivity index (χ4n) is 10.5. The summed E-state index contributed by atoms with van der Waals surface area (Å²) in [4.78, 5) is 26.5. The minimum absolute atomic E-state index is 0.0555. The van der Waals surface area contributed by atoms with Crippen LogP contribution in [0.5, 0.6) is 0 Å². The lowest BCUT2D eigenvalue weighted by Gasteiger charge is -2.70. The number of carbonyl (C=O) groups is 2. The van der Waals surface area contributed by atoms with E-state index in [9.17, 15) is 30.0 Å². The standard InChI is InChI=1S/C30H46O6/c1-25(24(35)36)14-18-17-13-19(32)23-27(3)9-8-21(33)28(4,16-31)20(27)7-10-30(23,6)29(17,5)12-11-26(18,2)22(34)15-25/h13,18,20-23,31,33-34H,7-12,14-16H2,1-6H3,(H,35,36)/t18-,20?,21?,22?,23-,25?,26-,27+,28?,29-,30-/m1/s1. The number of aliphatic carboxylic acids is 1. The van der Waals surface area contributed by atoms with Gasteiger partial charge in [0.05, 0.1) is 24.2 Å². The Labute approximate surface area is 215 Å². The molecular formula is C30H46O6. The topological polar surface area (TPSA) is 115 Å². The van der Waals surface area contributed by atoms with Gasteiger partial charge in [-0.15, -0.1) is 0 Å². The van der Waals surface area contributed by atoms with Crippen molar-refractivity contribution in [1.82, 2.24) is 0 Å². The van der Waals surface area contributed by atoms with Crippen LogP contribution in [0.3, 0.4) is 0 Å². The quantitative estimate of drug-likeness (QED) is 0.446. The van der Waals surface area contributed by atoms with E-state index in [0.29, 0.717) is 12.8 Å². The van der Waals surface area contributed by atoms with Crippen LogP contribution in [0, 0.1) is 50.2 Å². The molecule has 0 bridgehead atoms. The van der Waals surface area contributed by atoms with Crippen LogP contribution in [-0.2, 0) is 9.59 Å². The first-order valence-electron chi connectivity index (χ1n) is 14.0. The third-order valence-corrected chi connectivity index (χ3v) is 13.3. The van der Waals surface area contributed by atoms with Crippen molar-refractivity contribution in [3.63, 3.8) is 0 Å². The molecule has 11 atom stereocenters. The number of allylic oxidation sites excluding steroid dienone is 2. The highest BCUT2D eigenvalue weighted by atomic mass is 16.4. The first-order valence-corrected chi connectivity index (χ1v) is 14.0. The third kappa shape index (κ3) is 2.95. The highest BCUT2D eigenvalue weighted by molar-refractivity contribution is 5.95. The van der Waals surface area contributed by atoms with E-state index in [-0.39, 0.29) is 52.8 Å². The molecule has 0 aromatic carbocycles. The number of hydrogen-bond acceptors (Lipinski definition) is 5. The normalized spacial score (nSPS) is 56.5. The van der Waals surface area contributed by atoms with Crippen LogP contribution in [0.2, 0.25) is 0 Å². The Morgan fingerprint density at radius 1 is 0.917 bits per heavy atom. The Hall–Kier alpha value is -1.24. The Balaban J connectivity index is 1.64. The zero-order valence-electron chi connectivity index (χ0n) is 22.9. The molecule has 0 spiro atoms. The maximum atomic E-state index is 14.2. The van der Waals surface area contributed by atoms with Gasteiger partial charge in [0, 0.05) is 16.7 Å². The van der Waals surface area contributed by atoms with Gasteiger partial charge < -0.3 is 20.4 Å². The molecule has 5 aliphatic carbocycles. The monoisotopic (exact) mass is 502 g/mol. The van der Waals surface area contributed by atoms with Crippen molar-refractivity contribution in [2.75, 3.05) is 6.61 Å². The smallest absolute Gasteiger partial charge is 0.309 e. The van der Waals surface area contributed by atoms with Crippen LogP contribution >= 0.6 is 0 Å². The zero-order valence-corrected chi connectivity index (χ0v) is 22.9. The molecule has 4 fully saturated rings. The molecule has 0 aliphatic heterocycles. The molecule has 0 saturated heterocycles. The first-order chi connectivity index (χ1) is 16.5. The van der Waals surface area contributed by atoms with Crippen molar-refractivity contribution in [2.24, 2.45) is 50.2 Å². The SMILES string of the molecule is CC1(C(=O)O)CC(O)[C@]2(C)CC[C@]3(C)C(=CC(=O)[C@@H]4[C@@]5(C)CCC(O)C(C)(CO)C5CC[C@]43C)[C@H]2C1. The fourth-order valence-corrected chi connectivity index (χ4v) is 10.5. The Morgan fingerprint density at radius 2 is 1.58 bits per heavy atom. The lowest BCUT2D eigenvalue weighted by Crippen LogP contribution is -2.68. The summed E-state index contributed by atoms with van der Waals surface area (Å²) >= 11 is 0. The predicted octanol–water partition coefficient (Wildman–Crippen LogP) is 4.36. The number of aliphatic hydroxyl groups is 3. The largest absolute Gasteiger partial charge is 0.481 e. The lowest BCUT2D eigenvalue weighted by molar-refractivity contribution is -0.216. The molecule has 5 aliphatic rings. The zero-order chi connectivity index (χ0) is 26.7. The minimum atomic E-state index is -1.02. The van der Waals surface area contributed by atoms with Crippen LogP contribution in [0.1, 0.15) is 92.9 Å². The van der Waals surface area contributed by atoms with Crippen LogP contribution in [-0.4, -0.2) is 51.0 Å². The number of rotatable bonds is 2. The van der Waals surface area contributed by atoms with Gasteiger partial charge in [-0.05, 0) is 92.4 Å². The first kappa shape index (κ1) is 26.4. The van der Waals surface area contributed by atoms with Gasteiger partial charge in [-0.25, -0.2) is 0 Å². The molecule has 6 nitrogen and oxygen atoms in total. The van der Waals surface area contributed by atoms with Gasteiger partial charge in [-0.3, -0.25) is 9.59 Å². The van der Waals surface area contributed by atoms with E-state index >= 15 is 0 Å². The summed E-state index contributed by atoms with van der Waals surface area (Å²) in [5, 5.41) is 42.6. The van der Waals surface area contributed by atoms with Crippen molar-refractivity contribution in [1.29, 1.82) is 0 Å². The molecule has 0 heterocycles. The number of carboxylic acids is 1. The number of carbonyl (C=O) groups excluding carboxylic acids is 1. The van der Waals surface area contributed by atoms with Crippen molar-refractivity contribution >= 4 is 11.8 Å². The van der Waals surface area contributed by atoms with E-state index in [0.717, 1.165) is 37.7 Å². The molecule has 6 heteroatoms. The van der Waals surface area contributed by atoms with E-state index in [1.807, 2.05) is 13.0 Å². The Morgan fingerprint density at radius 3 is 2.19 bits per heavy atom. The summed E-state index contributed by atoms with van der Waals surface area (Å²) in [6.07, 6.45) is 5.98. The highest BCUT2D eigenvalue weighted by Crippen LogP contribution is 2.75. The van der Waals surface area contributed by atoms with Gasteiger partial charge in [0.2, 0.25) is 0 Å². The number of ketones is 1. The molecule has 4 N–H and O–H groups in total.